The van der Waals surface area contributed by atoms with Crippen LogP contribution in [0.3, 0.4) is 0 Å². The molecule has 96 valence electrons. The third kappa shape index (κ3) is 3.27. The minimum Gasteiger partial charge on any atom is -0.314 e. The maximum Gasteiger partial charge on any atom is 0.0798 e. The first-order valence-electron chi connectivity index (χ1n) is 6.57. The van der Waals surface area contributed by atoms with Crippen LogP contribution in [0, 0.1) is 6.92 Å². The van der Waals surface area contributed by atoms with Crippen LogP contribution in [0.15, 0.2) is 5.51 Å². The first kappa shape index (κ1) is 13.0. The zero-order valence-electron chi connectivity index (χ0n) is 11.1. The van der Waals surface area contributed by atoms with Crippen molar-refractivity contribution in [1.29, 1.82) is 0 Å². The van der Waals surface area contributed by atoms with Gasteiger partial charge in [-0.25, -0.2) is 4.98 Å². The zero-order valence-corrected chi connectivity index (χ0v) is 11.9. The molecule has 1 aliphatic rings. The highest BCUT2D eigenvalue weighted by atomic mass is 32.1. The molecule has 0 radical (unpaired) electrons. The number of nitrogens with zero attached hydrogens (tertiary/aromatic N) is 2. The lowest BCUT2D eigenvalue weighted by molar-refractivity contribution is 0.130. The lowest BCUT2D eigenvalue weighted by Gasteiger charge is -2.37. The van der Waals surface area contributed by atoms with Crippen LogP contribution in [0.1, 0.15) is 37.3 Å². The number of likely N-dealkylation sites (tertiary alicyclic amines) is 1. The molecule has 0 amide bonds. The normalized spacial score (nSPS) is 26.3. The summed E-state index contributed by atoms with van der Waals surface area (Å²) in [6.07, 6.45) is 2.54. The molecule has 0 spiro atoms. The minimum absolute atomic E-state index is 0.675. The molecule has 2 atom stereocenters. The van der Waals surface area contributed by atoms with Gasteiger partial charge in [-0.15, -0.1) is 11.3 Å². The molecule has 1 N–H and O–H groups in total. The lowest BCUT2D eigenvalue weighted by Crippen LogP contribution is -2.46. The second-order valence-corrected chi connectivity index (χ2v) is 5.90. The van der Waals surface area contributed by atoms with Gasteiger partial charge in [0.2, 0.25) is 0 Å². The molecule has 17 heavy (non-hydrogen) atoms. The fraction of sp³-hybridized carbons (Fsp3) is 0.769. The minimum atomic E-state index is 0.675. The molecule has 3 nitrogen and oxygen atoms in total. The molecule has 1 saturated heterocycles. The average molecular weight is 253 g/mol. The number of nitrogens with one attached hydrogen (secondary N) is 1. The highest BCUT2D eigenvalue weighted by Gasteiger charge is 2.25. The van der Waals surface area contributed by atoms with Crippen molar-refractivity contribution in [3.05, 3.63) is 16.1 Å². The summed E-state index contributed by atoms with van der Waals surface area (Å²) in [7, 11) is 0. The van der Waals surface area contributed by atoms with Crippen molar-refractivity contribution in [2.75, 3.05) is 13.1 Å². The zero-order chi connectivity index (χ0) is 12.3. The van der Waals surface area contributed by atoms with E-state index in [4.69, 9.17) is 0 Å². The van der Waals surface area contributed by atoms with Gasteiger partial charge in [-0.1, -0.05) is 6.92 Å². The molecule has 2 rings (SSSR count). The Balaban J connectivity index is 1.89. The van der Waals surface area contributed by atoms with Crippen molar-refractivity contribution in [1.82, 2.24) is 15.2 Å². The predicted octanol–water partition coefficient (Wildman–Crippen LogP) is 2.41. The second-order valence-electron chi connectivity index (χ2n) is 4.96. The second kappa shape index (κ2) is 5.94. The van der Waals surface area contributed by atoms with Crippen molar-refractivity contribution in [3.63, 3.8) is 0 Å². The summed E-state index contributed by atoms with van der Waals surface area (Å²) in [5.74, 6) is 0. The van der Waals surface area contributed by atoms with Crippen LogP contribution in [0.2, 0.25) is 0 Å². The molecule has 2 heterocycles. The quantitative estimate of drug-likeness (QED) is 0.893. The van der Waals surface area contributed by atoms with Gasteiger partial charge in [0.25, 0.3) is 0 Å². The summed E-state index contributed by atoms with van der Waals surface area (Å²) in [5, 5.41) is 3.57. The van der Waals surface area contributed by atoms with Crippen LogP contribution in [0.4, 0.5) is 0 Å². The van der Waals surface area contributed by atoms with Crippen LogP contribution in [-0.4, -0.2) is 35.1 Å². The van der Waals surface area contributed by atoms with Crippen molar-refractivity contribution in [2.45, 2.75) is 52.2 Å². The first-order valence-corrected chi connectivity index (χ1v) is 7.45. The van der Waals surface area contributed by atoms with E-state index in [0.29, 0.717) is 12.1 Å². The average Bonchev–Trinajstić information content (AvgIpc) is 2.69. The Labute approximate surface area is 108 Å². The largest absolute Gasteiger partial charge is 0.314 e. The van der Waals surface area contributed by atoms with Gasteiger partial charge < -0.3 is 5.32 Å². The van der Waals surface area contributed by atoms with Crippen molar-refractivity contribution in [3.8, 4) is 0 Å². The van der Waals surface area contributed by atoms with Gasteiger partial charge >= 0.3 is 0 Å². The van der Waals surface area contributed by atoms with Gasteiger partial charge in [-0.05, 0) is 33.2 Å². The van der Waals surface area contributed by atoms with E-state index in [9.17, 15) is 0 Å². The summed E-state index contributed by atoms with van der Waals surface area (Å²) in [4.78, 5) is 8.35. The van der Waals surface area contributed by atoms with E-state index in [-0.39, 0.29) is 0 Å². The third-order valence-electron chi connectivity index (χ3n) is 3.70. The van der Waals surface area contributed by atoms with Crippen molar-refractivity contribution < 1.29 is 0 Å². The summed E-state index contributed by atoms with van der Waals surface area (Å²) >= 11 is 1.79. The van der Waals surface area contributed by atoms with E-state index in [1.54, 1.807) is 11.3 Å². The summed E-state index contributed by atoms with van der Waals surface area (Å²) in [6, 6.07) is 1.39. The Hall–Kier alpha value is -0.450. The molecular formula is C13H23N3S. The van der Waals surface area contributed by atoms with Crippen LogP contribution < -0.4 is 5.32 Å². The molecule has 1 aromatic rings. The third-order valence-corrected chi connectivity index (χ3v) is 4.62. The fourth-order valence-corrected chi connectivity index (χ4v) is 3.39. The van der Waals surface area contributed by atoms with Crippen molar-refractivity contribution >= 4 is 11.3 Å². The first-order chi connectivity index (χ1) is 8.20. The Morgan fingerprint density at radius 2 is 2.41 bits per heavy atom. The molecule has 0 saturated carbocycles. The van der Waals surface area contributed by atoms with E-state index in [2.05, 4.69) is 36.0 Å². The maximum atomic E-state index is 4.33. The maximum absolute atomic E-state index is 4.33. The Kier molecular flexibility index (Phi) is 4.54. The monoisotopic (exact) mass is 253 g/mol. The number of rotatable bonds is 4. The van der Waals surface area contributed by atoms with Gasteiger partial charge in [-0.2, -0.15) is 0 Å². The number of thiazole rings is 1. The summed E-state index contributed by atoms with van der Waals surface area (Å²) in [6.45, 7) is 10.0. The molecule has 1 aliphatic heterocycles. The van der Waals surface area contributed by atoms with E-state index in [0.717, 1.165) is 13.1 Å². The van der Waals surface area contributed by atoms with Crippen LogP contribution in [-0.2, 0) is 6.54 Å². The predicted molar refractivity (Wildman–Crippen MR) is 73.4 cm³/mol. The molecule has 0 bridgehead atoms. The van der Waals surface area contributed by atoms with Crippen LogP contribution >= 0.6 is 11.3 Å². The number of aromatic nitrogens is 1. The van der Waals surface area contributed by atoms with Gasteiger partial charge in [0.05, 0.1) is 11.2 Å². The fourth-order valence-electron chi connectivity index (χ4n) is 2.59. The Bertz CT molecular complexity index is 350. The number of piperidine rings is 1. The van der Waals surface area contributed by atoms with E-state index in [1.807, 2.05) is 5.51 Å². The van der Waals surface area contributed by atoms with E-state index < -0.39 is 0 Å². The number of aryl methyl sites for hydroxylation is 1. The topological polar surface area (TPSA) is 28.2 Å². The van der Waals surface area contributed by atoms with E-state index in [1.165, 1.54) is 30.0 Å². The highest BCUT2D eigenvalue weighted by Crippen LogP contribution is 2.22. The lowest BCUT2D eigenvalue weighted by atomic mass is 9.98. The standard InChI is InChI=1S/C13H23N3S/c1-4-14-12-5-6-16(10(2)7-12)8-13-11(3)15-9-17-13/h9-10,12,14H,4-8H2,1-3H3. The summed E-state index contributed by atoms with van der Waals surface area (Å²) < 4.78 is 0. The molecule has 1 fully saturated rings. The molecule has 4 heteroatoms. The number of hydrogen-bond donors (Lipinski definition) is 1. The van der Waals surface area contributed by atoms with Crippen LogP contribution in [0.25, 0.3) is 0 Å². The van der Waals surface area contributed by atoms with Crippen molar-refractivity contribution in [2.24, 2.45) is 0 Å². The van der Waals surface area contributed by atoms with Gasteiger partial charge in [0, 0.05) is 30.1 Å². The van der Waals surface area contributed by atoms with Gasteiger partial charge in [0.15, 0.2) is 0 Å². The Morgan fingerprint density at radius 3 is 3.00 bits per heavy atom. The molecular weight excluding hydrogens is 230 g/mol. The molecule has 1 aromatic heterocycles. The molecule has 0 aromatic carbocycles. The number of hydrogen-bond acceptors (Lipinski definition) is 4. The molecule has 0 aliphatic carbocycles. The smallest absolute Gasteiger partial charge is 0.0798 e. The van der Waals surface area contributed by atoms with Crippen LogP contribution in [0.5, 0.6) is 0 Å². The SMILES string of the molecule is CCNC1CCN(Cc2scnc2C)C(C)C1. The van der Waals surface area contributed by atoms with Gasteiger partial charge in [0.1, 0.15) is 0 Å². The van der Waals surface area contributed by atoms with E-state index >= 15 is 0 Å². The van der Waals surface area contributed by atoms with Gasteiger partial charge in [-0.3, -0.25) is 4.90 Å². The Morgan fingerprint density at radius 1 is 1.59 bits per heavy atom. The molecule has 2 unspecified atom stereocenters. The highest BCUT2D eigenvalue weighted by molar-refractivity contribution is 7.09. The summed E-state index contributed by atoms with van der Waals surface area (Å²) in [5.41, 5.74) is 3.16.